The third-order valence-corrected chi connectivity index (χ3v) is 8.24. The van der Waals surface area contributed by atoms with Gasteiger partial charge in [0.15, 0.2) is 0 Å². The fourth-order valence-electron chi connectivity index (χ4n) is 5.77. The quantitative estimate of drug-likeness (QED) is 0.305. The van der Waals surface area contributed by atoms with Crippen LogP contribution in [-0.4, -0.2) is 11.3 Å². The summed E-state index contributed by atoms with van der Waals surface area (Å²) >= 11 is 1.85. The molecule has 0 atom stereocenters. The number of benzene rings is 5. The van der Waals surface area contributed by atoms with E-state index in [1.165, 1.54) is 53.7 Å². The van der Waals surface area contributed by atoms with E-state index < -0.39 is 0 Å². The number of nitrogens with zero attached hydrogens (tertiary/aromatic N) is 1. The Morgan fingerprint density at radius 3 is 2.32 bits per heavy atom. The highest BCUT2D eigenvalue weighted by Gasteiger charge is 2.39. The zero-order valence-electron chi connectivity index (χ0n) is 18.2. The Balaban J connectivity index is 1.50. The van der Waals surface area contributed by atoms with Gasteiger partial charge in [-0.1, -0.05) is 90.0 Å². The van der Waals surface area contributed by atoms with Gasteiger partial charge in [0.2, 0.25) is 6.71 Å². The standard InChI is InChI=1S/C30H18BNOS/c1-2-9-19(10-3-1)33-20-17-26-29-28(18-20)34-27-16-7-5-13-23(27)31(29)24-14-8-12-22-21-11-4-6-15-25(21)32(26)30(22)24/h1-18H. The Labute approximate surface area is 201 Å². The summed E-state index contributed by atoms with van der Waals surface area (Å²) in [5, 5.41) is 2.60. The maximum absolute atomic E-state index is 6.38. The molecule has 0 aliphatic carbocycles. The zero-order valence-corrected chi connectivity index (χ0v) is 19.0. The largest absolute Gasteiger partial charge is 0.457 e. The van der Waals surface area contributed by atoms with Gasteiger partial charge in [0.25, 0.3) is 0 Å². The first-order valence-corrected chi connectivity index (χ1v) is 12.4. The van der Waals surface area contributed by atoms with E-state index in [1.807, 2.05) is 42.1 Å². The van der Waals surface area contributed by atoms with Gasteiger partial charge in [0, 0.05) is 37.8 Å². The predicted molar refractivity (Wildman–Crippen MR) is 143 cm³/mol. The number of fused-ring (bicyclic) bond motifs is 7. The van der Waals surface area contributed by atoms with Crippen molar-refractivity contribution in [2.75, 3.05) is 0 Å². The molecule has 158 valence electrons. The van der Waals surface area contributed by atoms with Crippen LogP contribution < -0.4 is 21.1 Å². The number of hydrogen-bond donors (Lipinski definition) is 0. The summed E-state index contributed by atoms with van der Waals surface area (Å²) in [6.45, 7) is 0.216. The second-order valence-electron chi connectivity index (χ2n) is 8.94. The van der Waals surface area contributed by atoms with Gasteiger partial charge in [-0.25, -0.2) is 0 Å². The summed E-state index contributed by atoms with van der Waals surface area (Å²) in [7, 11) is 0. The molecule has 0 N–H and O–H groups in total. The van der Waals surface area contributed by atoms with E-state index in [0.29, 0.717) is 0 Å². The average molecular weight is 451 g/mol. The molecule has 0 fully saturated rings. The van der Waals surface area contributed by atoms with Crippen molar-refractivity contribution in [3.8, 4) is 17.2 Å². The third kappa shape index (κ3) is 2.44. The van der Waals surface area contributed by atoms with Crippen molar-refractivity contribution in [1.29, 1.82) is 0 Å². The zero-order chi connectivity index (χ0) is 22.2. The number of hydrogen-bond acceptors (Lipinski definition) is 2. The fourth-order valence-corrected chi connectivity index (χ4v) is 6.96. The van der Waals surface area contributed by atoms with Gasteiger partial charge in [-0.15, -0.1) is 0 Å². The molecule has 0 saturated heterocycles. The van der Waals surface area contributed by atoms with E-state index in [1.54, 1.807) is 0 Å². The van der Waals surface area contributed by atoms with E-state index in [0.717, 1.165) is 11.5 Å². The third-order valence-electron chi connectivity index (χ3n) is 7.09. The van der Waals surface area contributed by atoms with Crippen molar-refractivity contribution < 1.29 is 4.74 Å². The lowest BCUT2D eigenvalue weighted by Crippen LogP contribution is -2.58. The first-order valence-electron chi connectivity index (χ1n) is 11.6. The average Bonchev–Trinajstić information content (AvgIpc) is 3.22. The van der Waals surface area contributed by atoms with Crippen LogP contribution >= 0.6 is 11.8 Å². The molecule has 0 bridgehead atoms. The van der Waals surface area contributed by atoms with E-state index >= 15 is 0 Å². The van der Waals surface area contributed by atoms with Crippen LogP contribution in [-0.2, 0) is 0 Å². The molecule has 3 heterocycles. The summed E-state index contributed by atoms with van der Waals surface area (Å²) in [6, 6.07) is 38.9. The Morgan fingerprint density at radius 2 is 1.38 bits per heavy atom. The summed E-state index contributed by atoms with van der Waals surface area (Å²) in [4.78, 5) is 2.59. The summed E-state index contributed by atoms with van der Waals surface area (Å²) in [5.74, 6) is 1.72. The summed E-state index contributed by atoms with van der Waals surface area (Å²) < 4.78 is 8.84. The van der Waals surface area contributed by atoms with Gasteiger partial charge in [-0.2, -0.15) is 0 Å². The van der Waals surface area contributed by atoms with Crippen LogP contribution in [0, 0.1) is 0 Å². The Morgan fingerprint density at radius 1 is 0.618 bits per heavy atom. The SMILES string of the molecule is c1ccc(Oc2cc3c4c(c2)-n2c5ccccc5c5cccc(c52)B4c2ccccc2S3)cc1. The molecular formula is C30H18BNOS. The Bertz CT molecular complexity index is 1770. The molecule has 0 radical (unpaired) electrons. The maximum atomic E-state index is 6.38. The maximum Gasteiger partial charge on any atom is 0.249 e. The number of ether oxygens (including phenoxy) is 1. The molecule has 8 rings (SSSR count). The molecule has 0 amide bonds. The highest BCUT2D eigenvalue weighted by atomic mass is 32.2. The van der Waals surface area contributed by atoms with E-state index in [4.69, 9.17) is 4.74 Å². The minimum absolute atomic E-state index is 0.216. The molecule has 0 unspecified atom stereocenters. The molecule has 2 aliphatic rings. The topological polar surface area (TPSA) is 14.2 Å². The highest BCUT2D eigenvalue weighted by molar-refractivity contribution is 8.00. The van der Waals surface area contributed by atoms with Crippen LogP contribution in [0.5, 0.6) is 11.5 Å². The van der Waals surface area contributed by atoms with Crippen molar-refractivity contribution in [2.24, 2.45) is 0 Å². The minimum atomic E-state index is 0.216. The summed E-state index contributed by atoms with van der Waals surface area (Å²) in [6.07, 6.45) is 0. The van der Waals surface area contributed by atoms with Crippen LogP contribution in [0.25, 0.3) is 27.5 Å². The molecule has 6 aromatic rings. The van der Waals surface area contributed by atoms with Crippen molar-refractivity contribution in [3.05, 3.63) is 109 Å². The lowest BCUT2D eigenvalue weighted by Gasteiger charge is -2.33. The van der Waals surface area contributed by atoms with Gasteiger partial charge >= 0.3 is 0 Å². The molecule has 0 saturated carbocycles. The number of para-hydroxylation sites is 3. The van der Waals surface area contributed by atoms with Crippen molar-refractivity contribution in [2.45, 2.75) is 9.79 Å². The Kier molecular flexibility index (Phi) is 3.71. The van der Waals surface area contributed by atoms with Gasteiger partial charge in [0.1, 0.15) is 11.5 Å². The first kappa shape index (κ1) is 18.5. The molecule has 0 spiro atoms. The van der Waals surface area contributed by atoms with Gasteiger partial charge in [-0.05, 0) is 41.3 Å². The van der Waals surface area contributed by atoms with Crippen molar-refractivity contribution in [1.82, 2.24) is 4.57 Å². The number of rotatable bonds is 2. The van der Waals surface area contributed by atoms with E-state index in [9.17, 15) is 0 Å². The monoisotopic (exact) mass is 451 g/mol. The van der Waals surface area contributed by atoms with Crippen molar-refractivity contribution >= 4 is 56.7 Å². The molecule has 2 aliphatic heterocycles. The van der Waals surface area contributed by atoms with E-state index in [-0.39, 0.29) is 6.71 Å². The second kappa shape index (κ2) is 6.81. The Hall–Kier alpha value is -3.89. The van der Waals surface area contributed by atoms with Crippen molar-refractivity contribution in [3.63, 3.8) is 0 Å². The van der Waals surface area contributed by atoms with Crippen LogP contribution in [0.1, 0.15) is 0 Å². The molecular weight excluding hydrogens is 433 g/mol. The van der Waals surface area contributed by atoms with Gasteiger partial charge in [0.05, 0.1) is 5.52 Å². The lowest BCUT2D eigenvalue weighted by atomic mass is 9.35. The fraction of sp³-hybridized carbons (Fsp3) is 0. The first-order chi connectivity index (χ1) is 16.9. The predicted octanol–water partition coefficient (Wildman–Crippen LogP) is 5.87. The minimum Gasteiger partial charge on any atom is -0.457 e. The molecule has 34 heavy (non-hydrogen) atoms. The molecule has 4 heteroatoms. The van der Waals surface area contributed by atoms with Crippen LogP contribution in [0.2, 0.25) is 0 Å². The highest BCUT2D eigenvalue weighted by Crippen LogP contribution is 2.40. The second-order valence-corrected chi connectivity index (χ2v) is 10.0. The molecule has 5 aromatic carbocycles. The van der Waals surface area contributed by atoms with Crippen LogP contribution in [0.15, 0.2) is 119 Å². The van der Waals surface area contributed by atoms with Gasteiger partial charge < -0.3 is 9.30 Å². The summed E-state index contributed by atoms with van der Waals surface area (Å²) in [5.41, 5.74) is 7.93. The van der Waals surface area contributed by atoms with E-state index in [2.05, 4.69) is 83.4 Å². The van der Waals surface area contributed by atoms with Crippen LogP contribution in [0.4, 0.5) is 0 Å². The normalized spacial score (nSPS) is 13.1. The number of aromatic nitrogens is 1. The smallest absolute Gasteiger partial charge is 0.249 e. The molecule has 2 nitrogen and oxygen atoms in total. The van der Waals surface area contributed by atoms with Gasteiger partial charge in [-0.3, -0.25) is 0 Å². The molecule has 1 aromatic heterocycles. The van der Waals surface area contributed by atoms with Crippen LogP contribution in [0.3, 0.4) is 0 Å². The lowest BCUT2D eigenvalue weighted by molar-refractivity contribution is 0.481.